The third-order valence-corrected chi connectivity index (χ3v) is 1.87. The number of hydrogen-bond acceptors (Lipinski definition) is 2. The Balaban J connectivity index is 2.29. The van der Waals surface area contributed by atoms with Crippen molar-refractivity contribution < 1.29 is 9.53 Å². The lowest BCUT2D eigenvalue weighted by molar-refractivity contribution is -0.112. The van der Waals surface area contributed by atoms with Crippen LogP contribution in [0.15, 0.2) is 12.2 Å². The fraction of sp³-hybridized carbons (Fsp3) is 0.667. The first-order chi connectivity index (χ1) is 5.29. The number of ketones is 1. The van der Waals surface area contributed by atoms with Gasteiger partial charge in [-0.2, -0.15) is 0 Å². The largest absolute Gasteiger partial charge is 0.381 e. The van der Waals surface area contributed by atoms with E-state index in [1.807, 2.05) is 6.08 Å². The summed E-state index contributed by atoms with van der Waals surface area (Å²) in [6, 6.07) is 0. The van der Waals surface area contributed by atoms with Crippen molar-refractivity contribution in [3.8, 4) is 0 Å². The molecule has 2 nitrogen and oxygen atoms in total. The van der Waals surface area contributed by atoms with E-state index in [4.69, 9.17) is 4.74 Å². The van der Waals surface area contributed by atoms with Gasteiger partial charge in [-0.15, -0.1) is 0 Å². The lowest BCUT2D eigenvalue weighted by Gasteiger charge is -2.18. The van der Waals surface area contributed by atoms with Crippen molar-refractivity contribution in [2.24, 2.45) is 5.92 Å². The van der Waals surface area contributed by atoms with Gasteiger partial charge in [0.1, 0.15) is 0 Å². The Morgan fingerprint density at radius 2 is 2.09 bits per heavy atom. The zero-order chi connectivity index (χ0) is 8.10. The lowest BCUT2D eigenvalue weighted by Crippen LogP contribution is -2.13. The van der Waals surface area contributed by atoms with Crippen LogP contribution in [0, 0.1) is 5.92 Å². The summed E-state index contributed by atoms with van der Waals surface area (Å²) in [6.07, 6.45) is 5.79. The van der Waals surface area contributed by atoms with E-state index in [1.165, 1.54) is 0 Å². The minimum atomic E-state index is 0.136. The van der Waals surface area contributed by atoms with Crippen molar-refractivity contribution in [3.05, 3.63) is 12.2 Å². The van der Waals surface area contributed by atoms with Crippen LogP contribution >= 0.6 is 0 Å². The average Bonchev–Trinajstić information content (AvgIpc) is 2.03. The molecule has 0 atom stereocenters. The van der Waals surface area contributed by atoms with E-state index in [2.05, 4.69) is 0 Å². The lowest BCUT2D eigenvalue weighted by atomic mass is 10.00. The van der Waals surface area contributed by atoms with Crippen LogP contribution in [0.4, 0.5) is 0 Å². The molecular weight excluding hydrogens is 140 g/mol. The SMILES string of the molecule is CC(=O)C=CC1CCOCC1. The Hall–Kier alpha value is -0.630. The summed E-state index contributed by atoms with van der Waals surface area (Å²) in [5.41, 5.74) is 0. The number of hydrogen-bond donors (Lipinski definition) is 0. The molecule has 1 saturated heterocycles. The zero-order valence-corrected chi connectivity index (χ0v) is 6.88. The predicted molar refractivity (Wildman–Crippen MR) is 43.4 cm³/mol. The third-order valence-electron chi connectivity index (χ3n) is 1.87. The van der Waals surface area contributed by atoms with Gasteiger partial charge in [0.15, 0.2) is 5.78 Å². The molecule has 1 fully saturated rings. The second-order valence-electron chi connectivity index (χ2n) is 2.92. The molecule has 1 heterocycles. The fourth-order valence-corrected chi connectivity index (χ4v) is 1.18. The van der Waals surface area contributed by atoms with E-state index in [0.29, 0.717) is 5.92 Å². The maximum Gasteiger partial charge on any atom is 0.152 e. The molecule has 0 aromatic heterocycles. The molecule has 0 aromatic rings. The molecular formula is C9H14O2. The van der Waals surface area contributed by atoms with Crippen molar-refractivity contribution >= 4 is 5.78 Å². The van der Waals surface area contributed by atoms with Crippen molar-refractivity contribution in [1.82, 2.24) is 0 Å². The van der Waals surface area contributed by atoms with E-state index >= 15 is 0 Å². The van der Waals surface area contributed by atoms with Gasteiger partial charge in [0.05, 0.1) is 0 Å². The van der Waals surface area contributed by atoms with Gasteiger partial charge in [-0.05, 0) is 31.8 Å². The van der Waals surface area contributed by atoms with Crippen molar-refractivity contribution in [1.29, 1.82) is 0 Å². The number of carbonyl (C=O) groups excluding carboxylic acids is 1. The molecule has 1 aliphatic heterocycles. The first-order valence-electron chi connectivity index (χ1n) is 4.05. The van der Waals surface area contributed by atoms with Crippen LogP contribution in [0.25, 0.3) is 0 Å². The molecule has 0 N–H and O–H groups in total. The van der Waals surface area contributed by atoms with Crippen LogP contribution in [0.3, 0.4) is 0 Å². The first kappa shape index (κ1) is 8.47. The maximum atomic E-state index is 10.6. The molecule has 2 heteroatoms. The molecule has 0 aromatic carbocycles. The Morgan fingerprint density at radius 3 is 2.64 bits per heavy atom. The minimum absolute atomic E-state index is 0.136. The second kappa shape index (κ2) is 4.29. The summed E-state index contributed by atoms with van der Waals surface area (Å²) in [7, 11) is 0. The zero-order valence-electron chi connectivity index (χ0n) is 6.88. The first-order valence-corrected chi connectivity index (χ1v) is 4.05. The summed E-state index contributed by atoms with van der Waals surface area (Å²) in [6.45, 7) is 3.26. The Morgan fingerprint density at radius 1 is 1.45 bits per heavy atom. The van der Waals surface area contributed by atoms with Crippen LogP contribution < -0.4 is 0 Å². The number of ether oxygens (including phenoxy) is 1. The normalized spacial score (nSPS) is 20.8. The van der Waals surface area contributed by atoms with Gasteiger partial charge >= 0.3 is 0 Å². The monoisotopic (exact) mass is 154 g/mol. The Kier molecular flexibility index (Phi) is 3.30. The molecule has 1 aliphatic rings. The fourth-order valence-electron chi connectivity index (χ4n) is 1.18. The highest BCUT2D eigenvalue weighted by Crippen LogP contribution is 2.15. The third kappa shape index (κ3) is 3.33. The van der Waals surface area contributed by atoms with Crippen molar-refractivity contribution in [3.63, 3.8) is 0 Å². The molecule has 0 saturated carbocycles. The molecule has 0 spiro atoms. The van der Waals surface area contributed by atoms with Gasteiger partial charge < -0.3 is 4.74 Å². The average molecular weight is 154 g/mol. The predicted octanol–water partition coefficient (Wildman–Crippen LogP) is 1.56. The van der Waals surface area contributed by atoms with Crippen molar-refractivity contribution in [2.45, 2.75) is 19.8 Å². The highest BCUT2D eigenvalue weighted by Gasteiger charge is 2.09. The quantitative estimate of drug-likeness (QED) is 0.564. The van der Waals surface area contributed by atoms with E-state index in [9.17, 15) is 4.79 Å². The van der Waals surface area contributed by atoms with Crippen LogP contribution in [0.5, 0.6) is 0 Å². The highest BCUT2D eigenvalue weighted by molar-refractivity contribution is 5.87. The topological polar surface area (TPSA) is 26.3 Å². The van der Waals surface area contributed by atoms with E-state index in [1.54, 1.807) is 13.0 Å². The minimum Gasteiger partial charge on any atom is -0.381 e. The van der Waals surface area contributed by atoms with Gasteiger partial charge in [-0.3, -0.25) is 4.79 Å². The van der Waals surface area contributed by atoms with Gasteiger partial charge in [-0.1, -0.05) is 6.08 Å². The summed E-state index contributed by atoms with van der Waals surface area (Å²) in [4.78, 5) is 10.6. The number of rotatable bonds is 2. The molecule has 0 radical (unpaired) electrons. The van der Waals surface area contributed by atoms with E-state index in [-0.39, 0.29) is 5.78 Å². The molecule has 0 bridgehead atoms. The van der Waals surface area contributed by atoms with Gasteiger partial charge in [0.2, 0.25) is 0 Å². The standard InChI is InChI=1S/C9H14O2/c1-8(10)2-3-9-4-6-11-7-5-9/h2-3,9H,4-7H2,1H3. The molecule has 0 amide bonds. The molecule has 1 rings (SSSR count). The maximum absolute atomic E-state index is 10.6. The van der Waals surface area contributed by atoms with Crippen LogP contribution in [0.2, 0.25) is 0 Å². The van der Waals surface area contributed by atoms with E-state index < -0.39 is 0 Å². The van der Waals surface area contributed by atoms with Crippen LogP contribution in [0.1, 0.15) is 19.8 Å². The van der Waals surface area contributed by atoms with Gasteiger partial charge in [-0.25, -0.2) is 0 Å². The van der Waals surface area contributed by atoms with Gasteiger partial charge in [0.25, 0.3) is 0 Å². The smallest absolute Gasteiger partial charge is 0.152 e. The Bertz CT molecular complexity index is 155. The van der Waals surface area contributed by atoms with Crippen LogP contribution in [-0.2, 0) is 9.53 Å². The van der Waals surface area contributed by atoms with Crippen LogP contribution in [-0.4, -0.2) is 19.0 Å². The number of carbonyl (C=O) groups is 1. The number of allylic oxidation sites excluding steroid dienone is 2. The second-order valence-corrected chi connectivity index (χ2v) is 2.92. The van der Waals surface area contributed by atoms with Gasteiger partial charge in [0, 0.05) is 13.2 Å². The summed E-state index contributed by atoms with van der Waals surface area (Å²) < 4.78 is 5.19. The summed E-state index contributed by atoms with van der Waals surface area (Å²) in [5.74, 6) is 0.698. The van der Waals surface area contributed by atoms with Crippen molar-refractivity contribution in [2.75, 3.05) is 13.2 Å². The van der Waals surface area contributed by atoms with E-state index in [0.717, 1.165) is 26.1 Å². The molecule has 0 aliphatic carbocycles. The summed E-state index contributed by atoms with van der Waals surface area (Å²) in [5, 5.41) is 0. The molecule has 11 heavy (non-hydrogen) atoms. The molecule has 62 valence electrons. The highest BCUT2D eigenvalue weighted by atomic mass is 16.5. The molecule has 0 unspecified atom stereocenters. The Labute approximate surface area is 67.2 Å². The summed E-state index contributed by atoms with van der Waals surface area (Å²) >= 11 is 0.